The van der Waals surface area contributed by atoms with E-state index in [1.807, 2.05) is 75.3 Å². The number of fused-ring (bicyclic) bond motifs is 1. The molecule has 1 aliphatic rings. The zero-order valence-electron chi connectivity index (χ0n) is 20.1. The Hall–Kier alpha value is -3.32. The molecular weight excluding hydrogens is 452 g/mol. The lowest BCUT2D eigenvalue weighted by Gasteiger charge is -2.25. The fourth-order valence-corrected chi connectivity index (χ4v) is 4.79. The molecular formula is C26H29ClN4O3. The second-order valence-corrected chi connectivity index (χ2v) is 9.08. The summed E-state index contributed by atoms with van der Waals surface area (Å²) in [5.41, 5.74) is 4.44. The zero-order valence-corrected chi connectivity index (χ0v) is 20.8. The van der Waals surface area contributed by atoms with Gasteiger partial charge in [-0.25, -0.2) is 4.98 Å². The van der Waals surface area contributed by atoms with Crippen molar-refractivity contribution in [3.8, 4) is 11.3 Å². The first-order valence-electron chi connectivity index (χ1n) is 11.3. The first-order chi connectivity index (χ1) is 16.2. The maximum absolute atomic E-state index is 13.5. The second-order valence-electron chi connectivity index (χ2n) is 8.68. The van der Waals surface area contributed by atoms with Gasteiger partial charge < -0.3 is 15.0 Å². The Bertz CT molecular complexity index is 1300. The minimum absolute atomic E-state index is 0.231. The SMILES string of the molecule is CCn1c(N[C@@H]2c3ccccc3C[C@@H]2OC(C)=O)c(C)nc(-c2ccc(N(C)C)cc2Cl)c1=O. The molecule has 0 unspecified atom stereocenters. The Morgan fingerprint density at radius 2 is 2.00 bits per heavy atom. The van der Waals surface area contributed by atoms with Crippen LogP contribution in [0.3, 0.4) is 0 Å². The Balaban J connectivity index is 1.78. The predicted octanol–water partition coefficient (Wildman–Crippen LogP) is 4.60. The average molecular weight is 481 g/mol. The average Bonchev–Trinajstić information content (AvgIpc) is 3.12. The van der Waals surface area contributed by atoms with Crippen LogP contribution in [0.15, 0.2) is 47.3 Å². The van der Waals surface area contributed by atoms with E-state index in [4.69, 9.17) is 16.3 Å². The van der Waals surface area contributed by atoms with Crippen LogP contribution in [0.1, 0.15) is 36.7 Å². The molecule has 34 heavy (non-hydrogen) atoms. The molecule has 0 bridgehead atoms. The van der Waals surface area contributed by atoms with E-state index >= 15 is 0 Å². The highest BCUT2D eigenvalue weighted by molar-refractivity contribution is 6.33. The van der Waals surface area contributed by atoms with E-state index in [-0.39, 0.29) is 23.7 Å². The third kappa shape index (κ3) is 4.40. The van der Waals surface area contributed by atoms with E-state index in [9.17, 15) is 9.59 Å². The normalized spacial score (nSPS) is 16.8. The molecule has 0 fully saturated rings. The smallest absolute Gasteiger partial charge is 0.302 e. The molecule has 1 aromatic heterocycles. The summed E-state index contributed by atoms with van der Waals surface area (Å²) in [6.07, 6.45) is 0.240. The van der Waals surface area contributed by atoms with Gasteiger partial charge in [0.2, 0.25) is 0 Å². The first kappa shape index (κ1) is 23.8. The summed E-state index contributed by atoms with van der Waals surface area (Å²) >= 11 is 6.55. The van der Waals surface area contributed by atoms with Gasteiger partial charge in [-0.1, -0.05) is 35.9 Å². The topological polar surface area (TPSA) is 76.5 Å². The van der Waals surface area contributed by atoms with Gasteiger partial charge in [0.05, 0.1) is 16.8 Å². The molecule has 0 amide bonds. The van der Waals surface area contributed by atoms with Crippen LogP contribution in [-0.2, 0) is 22.5 Å². The van der Waals surface area contributed by atoms with Gasteiger partial charge in [-0.3, -0.25) is 14.2 Å². The Morgan fingerprint density at radius 1 is 1.26 bits per heavy atom. The van der Waals surface area contributed by atoms with Crippen LogP contribution in [0.4, 0.5) is 11.5 Å². The molecule has 0 saturated carbocycles. The number of benzene rings is 2. The van der Waals surface area contributed by atoms with Crippen molar-refractivity contribution in [2.24, 2.45) is 0 Å². The number of halogens is 1. The number of aromatic nitrogens is 2. The number of rotatable bonds is 6. The minimum Gasteiger partial charge on any atom is -0.460 e. The molecule has 4 rings (SSSR count). The van der Waals surface area contributed by atoms with Gasteiger partial charge in [-0.2, -0.15) is 0 Å². The standard InChI is InChI=1S/C26H29ClN4O3/c1-6-31-25(29-23-19-10-8-7-9-17(19)13-22(23)34-16(3)32)15(2)28-24(26(31)33)20-12-11-18(30(4)5)14-21(20)27/h7-12,14,22-23,29H,6,13H2,1-5H3/t22-,23+/m0/s1. The molecule has 0 spiro atoms. The molecule has 0 saturated heterocycles. The zero-order chi connectivity index (χ0) is 24.6. The summed E-state index contributed by atoms with van der Waals surface area (Å²) in [4.78, 5) is 31.9. The van der Waals surface area contributed by atoms with Crippen molar-refractivity contribution in [3.05, 3.63) is 74.7 Å². The van der Waals surface area contributed by atoms with Gasteiger partial charge in [0, 0.05) is 45.2 Å². The Labute approximate surface area is 204 Å². The highest BCUT2D eigenvalue weighted by Gasteiger charge is 2.35. The van der Waals surface area contributed by atoms with Crippen LogP contribution in [0.5, 0.6) is 0 Å². The van der Waals surface area contributed by atoms with Crippen molar-refractivity contribution in [1.29, 1.82) is 0 Å². The van der Waals surface area contributed by atoms with Gasteiger partial charge in [-0.05, 0) is 43.2 Å². The molecule has 178 valence electrons. The number of hydrogen-bond donors (Lipinski definition) is 1. The van der Waals surface area contributed by atoms with Crippen molar-refractivity contribution < 1.29 is 9.53 Å². The summed E-state index contributed by atoms with van der Waals surface area (Å²) in [6, 6.07) is 13.3. The number of carbonyl (C=O) groups is 1. The summed E-state index contributed by atoms with van der Waals surface area (Å²) in [5, 5.41) is 3.95. The van der Waals surface area contributed by atoms with E-state index in [0.29, 0.717) is 40.8 Å². The maximum atomic E-state index is 13.5. The number of aryl methyl sites for hydroxylation is 1. The monoisotopic (exact) mass is 480 g/mol. The largest absolute Gasteiger partial charge is 0.460 e. The fourth-order valence-electron chi connectivity index (χ4n) is 4.53. The summed E-state index contributed by atoms with van der Waals surface area (Å²) in [6.45, 7) is 5.63. The van der Waals surface area contributed by atoms with Gasteiger partial charge in [0.1, 0.15) is 17.6 Å². The number of ether oxygens (including phenoxy) is 1. The third-order valence-electron chi connectivity index (χ3n) is 6.17. The van der Waals surface area contributed by atoms with E-state index in [1.54, 1.807) is 4.57 Å². The van der Waals surface area contributed by atoms with Crippen LogP contribution in [-0.4, -0.2) is 35.7 Å². The lowest BCUT2D eigenvalue weighted by molar-refractivity contribution is -0.146. The van der Waals surface area contributed by atoms with Gasteiger partial charge >= 0.3 is 5.97 Å². The first-order valence-corrected chi connectivity index (χ1v) is 11.7. The number of anilines is 2. The maximum Gasteiger partial charge on any atom is 0.302 e. The number of carbonyl (C=O) groups excluding carboxylic acids is 1. The van der Waals surface area contributed by atoms with E-state index in [1.165, 1.54) is 6.92 Å². The molecule has 0 aliphatic heterocycles. The van der Waals surface area contributed by atoms with Crippen LogP contribution < -0.4 is 15.8 Å². The lowest BCUT2D eigenvalue weighted by atomic mass is 10.1. The summed E-state index contributed by atoms with van der Waals surface area (Å²) < 4.78 is 7.30. The third-order valence-corrected chi connectivity index (χ3v) is 6.49. The molecule has 8 heteroatoms. The van der Waals surface area contributed by atoms with Gasteiger partial charge in [0.25, 0.3) is 5.56 Å². The Kier molecular flexibility index (Phi) is 6.66. The predicted molar refractivity (Wildman–Crippen MR) is 136 cm³/mol. The number of hydrogen-bond acceptors (Lipinski definition) is 6. The number of nitrogens with one attached hydrogen (secondary N) is 1. The molecule has 1 aliphatic carbocycles. The van der Waals surface area contributed by atoms with Gasteiger partial charge in [-0.15, -0.1) is 0 Å². The second kappa shape index (κ2) is 9.50. The summed E-state index contributed by atoms with van der Waals surface area (Å²) in [5.74, 6) is 0.273. The molecule has 3 aromatic rings. The van der Waals surface area contributed by atoms with E-state index in [0.717, 1.165) is 16.8 Å². The molecule has 0 radical (unpaired) electrons. The molecule has 2 aromatic carbocycles. The number of esters is 1. The summed E-state index contributed by atoms with van der Waals surface area (Å²) in [7, 11) is 3.87. The molecule has 1 heterocycles. The van der Waals surface area contributed by atoms with Crippen LogP contribution >= 0.6 is 11.6 Å². The van der Waals surface area contributed by atoms with Crippen LogP contribution in [0.25, 0.3) is 11.3 Å². The van der Waals surface area contributed by atoms with Crippen molar-refractivity contribution in [3.63, 3.8) is 0 Å². The molecule has 7 nitrogen and oxygen atoms in total. The fraction of sp³-hybridized carbons (Fsp3) is 0.346. The highest BCUT2D eigenvalue weighted by Crippen LogP contribution is 2.37. The van der Waals surface area contributed by atoms with E-state index in [2.05, 4.69) is 10.3 Å². The Morgan fingerprint density at radius 3 is 2.65 bits per heavy atom. The molecule has 1 N–H and O–H groups in total. The minimum atomic E-state index is -0.373. The van der Waals surface area contributed by atoms with Crippen molar-refractivity contribution >= 4 is 29.1 Å². The molecule has 2 atom stereocenters. The lowest BCUT2D eigenvalue weighted by Crippen LogP contribution is -2.32. The van der Waals surface area contributed by atoms with Crippen molar-refractivity contribution in [1.82, 2.24) is 9.55 Å². The van der Waals surface area contributed by atoms with Crippen LogP contribution in [0, 0.1) is 6.92 Å². The quantitative estimate of drug-likeness (QED) is 0.520. The van der Waals surface area contributed by atoms with Crippen LogP contribution in [0.2, 0.25) is 5.02 Å². The van der Waals surface area contributed by atoms with E-state index < -0.39 is 0 Å². The van der Waals surface area contributed by atoms with Gasteiger partial charge in [0.15, 0.2) is 0 Å². The number of nitrogens with zero attached hydrogens (tertiary/aromatic N) is 3. The van der Waals surface area contributed by atoms with Crippen molar-refractivity contribution in [2.45, 2.75) is 45.9 Å². The van der Waals surface area contributed by atoms with Crippen molar-refractivity contribution in [2.75, 3.05) is 24.3 Å². The highest BCUT2D eigenvalue weighted by atomic mass is 35.5.